The summed E-state index contributed by atoms with van der Waals surface area (Å²) in [6.07, 6.45) is -3.00. The predicted molar refractivity (Wildman–Crippen MR) is 113 cm³/mol. The monoisotopic (exact) mass is 407 g/mol. The van der Waals surface area contributed by atoms with E-state index in [9.17, 15) is 18.3 Å². The fourth-order valence-corrected chi connectivity index (χ4v) is 4.22. The molecular weight excluding hydrogens is 387 g/mol. The summed E-state index contributed by atoms with van der Waals surface area (Å²) in [7, 11) is 0. The second-order valence-corrected chi connectivity index (χ2v) is 7.57. The first-order valence-electron chi connectivity index (χ1n) is 9.53. The van der Waals surface area contributed by atoms with Crippen molar-refractivity contribution in [2.24, 2.45) is 0 Å². The molecule has 2 nitrogen and oxygen atoms in total. The summed E-state index contributed by atoms with van der Waals surface area (Å²) in [6.45, 7) is 5.98. The number of benzene rings is 3. The first-order chi connectivity index (χ1) is 14.2. The minimum atomic E-state index is -4.51. The molecule has 1 heterocycles. The van der Waals surface area contributed by atoms with Crippen LogP contribution in [0.25, 0.3) is 33.2 Å². The zero-order valence-electron chi connectivity index (χ0n) is 16.8. The van der Waals surface area contributed by atoms with Crippen LogP contribution in [0.2, 0.25) is 0 Å². The van der Waals surface area contributed by atoms with Crippen molar-refractivity contribution >= 4 is 10.9 Å². The van der Waals surface area contributed by atoms with E-state index in [1.165, 1.54) is 18.3 Å². The minimum absolute atomic E-state index is 0.0488. The van der Waals surface area contributed by atoms with Gasteiger partial charge in [0, 0.05) is 22.7 Å². The van der Waals surface area contributed by atoms with Crippen molar-refractivity contribution in [3.8, 4) is 28.0 Å². The Hall–Kier alpha value is -3.34. The highest BCUT2D eigenvalue weighted by Gasteiger charge is 2.34. The van der Waals surface area contributed by atoms with Crippen LogP contribution in [0.15, 0.2) is 60.8 Å². The van der Waals surface area contributed by atoms with E-state index in [-0.39, 0.29) is 11.3 Å². The van der Waals surface area contributed by atoms with Gasteiger partial charge in [0.25, 0.3) is 0 Å². The fourth-order valence-electron chi connectivity index (χ4n) is 4.22. The Labute approximate surface area is 172 Å². The van der Waals surface area contributed by atoms with E-state index >= 15 is 0 Å². The summed E-state index contributed by atoms with van der Waals surface area (Å²) in [5.41, 5.74) is 5.20. The van der Waals surface area contributed by atoms with Gasteiger partial charge >= 0.3 is 6.18 Å². The number of nitrogens with zero attached hydrogens (tertiary/aromatic N) is 1. The molecule has 0 aliphatic heterocycles. The number of pyridine rings is 1. The van der Waals surface area contributed by atoms with Crippen LogP contribution in [0.1, 0.15) is 22.3 Å². The average Bonchev–Trinajstić information content (AvgIpc) is 2.65. The quantitative estimate of drug-likeness (QED) is 0.381. The predicted octanol–water partition coefficient (Wildman–Crippen LogP) is 7.22. The summed E-state index contributed by atoms with van der Waals surface area (Å²) in [5.74, 6) is 0.0488. The Morgan fingerprint density at radius 1 is 0.833 bits per heavy atom. The van der Waals surface area contributed by atoms with E-state index in [1.54, 1.807) is 24.3 Å². The van der Waals surface area contributed by atoms with Gasteiger partial charge < -0.3 is 5.11 Å². The van der Waals surface area contributed by atoms with E-state index in [1.807, 2.05) is 32.9 Å². The first kappa shape index (κ1) is 20.0. The highest BCUT2D eigenvalue weighted by Crippen LogP contribution is 2.43. The molecule has 1 N–H and O–H groups in total. The van der Waals surface area contributed by atoms with Crippen molar-refractivity contribution in [3.05, 3.63) is 83.0 Å². The van der Waals surface area contributed by atoms with Gasteiger partial charge in [-0.25, -0.2) is 0 Å². The molecule has 0 atom stereocenters. The number of fused-ring (bicyclic) bond motifs is 1. The van der Waals surface area contributed by atoms with E-state index in [0.29, 0.717) is 16.5 Å². The van der Waals surface area contributed by atoms with Crippen molar-refractivity contribution in [1.29, 1.82) is 0 Å². The largest absolute Gasteiger partial charge is 0.508 e. The molecule has 30 heavy (non-hydrogen) atoms. The van der Waals surface area contributed by atoms with Crippen LogP contribution in [-0.2, 0) is 6.18 Å². The summed E-state index contributed by atoms with van der Waals surface area (Å²) >= 11 is 0. The maximum Gasteiger partial charge on any atom is 0.418 e. The Balaban J connectivity index is 2.16. The molecule has 0 aliphatic rings. The lowest BCUT2D eigenvalue weighted by Gasteiger charge is -2.19. The molecule has 1 aromatic heterocycles. The van der Waals surface area contributed by atoms with Crippen molar-refractivity contribution in [3.63, 3.8) is 0 Å². The number of rotatable bonds is 2. The third-order valence-electron chi connectivity index (χ3n) is 5.28. The van der Waals surface area contributed by atoms with E-state index in [4.69, 9.17) is 0 Å². The third-order valence-corrected chi connectivity index (χ3v) is 5.28. The van der Waals surface area contributed by atoms with Crippen LogP contribution in [0.4, 0.5) is 13.2 Å². The molecule has 0 saturated carbocycles. The zero-order chi connectivity index (χ0) is 21.6. The number of hydrogen-bond acceptors (Lipinski definition) is 2. The van der Waals surface area contributed by atoms with Crippen molar-refractivity contribution in [2.45, 2.75) is 26.9 Å². The molecule has 0 spiro atoms. The van der Waals surface area contributed by atoms with Crippen LogP contribution >= 0.6 is 0 Å². The topological polar surface area (TPSA) is 33.1 Å². The van der Waals surface area contributed by atoms with Gasteiger partial charge in [-0.3, -0.25) is 4.98 Å². The van der Waals surface area contributed by atoms with Gasteiger partial charge in [-0.05, 0) is 61.2 Å². The average molecular weight is 407 g/mol. The second-order valence-electron chi connectivity index (χ2n) is 7.57. The van der Waals surface area contributed by atoms with Gasteiger partial charge in [0.15, 0.2) is 0 Å². The van der Waals surface area contributed by atoms with Gasteiger partial charge in [0.2, 0.25) is 0 Å². The number of halogens is 3. The van der Waals surface area contributed by atoms with Crippen molar-refractivity contribution < 1.29 is 18.3 Å². The normalized spacial score (nSPS) is 11.8. The number of alkyl halides is 3. The van der Waals surface area contributed by atoms with Gasteiger partial charge in [0.05, 0.1) is 11.1 Å². The van der Waals surface area contributed by atoms with Crippen LogP contribution in [0.5, 0.6) is 5.75 Å². The zero-order valence-corrected chi connectivity index (χ0v) is 16.8. The van der Waals surface area contributed by atoms with Gasteiger partial charge in [0.1, 0.15) is 5.75 Å². The molecule has 0 saturated heterocycles. The standard InChI is InChI=1S/C25H20F3NO/c1-14-10-15(2)22(16(3)11-14)20-13-29-24-19(8-5-9-21(24)25(26,27)28)23(20)17-6-4-7-18(30)12-17/h4-13,30H,1-3H3. The molecule has 0 unspecified atom stereocenters. The summed E-state index contributed by atoms with van der Waals surface area (Å²) in [4.78, 5) is 4.25. The number of aryl methyl sites for hydroxylation is 3. The van der Waals surface area contributed by atoms with Crippen LogP contribution in [0.3, 0.4) is 0 Å². The Kier molecular flexibility index (Phi) is 4.77. The smallest absolute Gasteiger partial charge is 0.418 e. The lowest BCUT2D eigenvalue weighted by molar-refractivity contribution is -0.136. The minimum Gasteiger partial charge on any atom is -0.508 e. The highest BCUT2D eigenvalue weighted by molar-refractivity contribution is 6.04. The second kappa shape index (κ2) is 7.17. The van der Waals surface area contributed by atoms with E-state index < -0.39 is 11.7 Å². The maximum atomic E-state index is 13.6. The molecule has 4 aromatic rings. The molecule has 0 bridgehead atoms. The first-order valence-corrected chi connectivity index (χ1v) is 9.53. The number of phenolic OH excluding ortho intramolecular Hbond substituents is 1. The van der Waals surface area contributed by atoms with Gasteiger partial charge in [-0.1, -0.05) is 42.0 Å². The molecule has 0 amide bonds. The third kappa shape index (κ3) is 3.41. The SMILES string of the molecule is Cc1cc(C)c(-c2cnc3c(C(F)(F)F)cccc3c2-c2cccc(O)c2)c(C)c1. The van der Waals surface area contributed by atoms with Gasteiger partial charge in [-0.2, -0.15) is 13.2 Å². The Morgan fingerprint density at radius 2 is 1.50 bits per heavy atom. The van der Waals surface area contributed by atoms with Crippen LogP contribution in [0, 0.1) is 20.8 Å². The highest BCUT2D eigenvalue weighted by atomic mass is 19.4. The molecule has 152 valence electrons. The number of hydrogen-bond donors (Lipinski definition) is 1. The van der Waals surface area contributed by atoms with Crippen molar-refractivity contribution in [1.82, 2.24) is 4.98 Å². The molecule has 4 rings (SSSR count). The molecular formula is C25H20F3NO. The van der Waals surface area contributed by atoms with Crippen LogP contribution < -0.4 is 0 Å². The number of phenols is 1. The molecule has 0 radical (unpaired) electrons. The molecule has 0 fully saturated rings. The number of para-hydroxylation sites is 1. The summed E-state index contributed by atoms with van der Waals surface area (Å²) in [6, 6.07) is 14.8. The fraction of sp³-hybridized carbons (Fsp3) is 0.160. The number of aromatic hydroxyl groups is 1. The summed E-state index contributed by atoms with van der Waals surface area (Å²) in [5, 5.41) is 10.4. The number of aromatic nitrogens is 1. The van der Waals surface area contributed by atoms with E-state index in [0.717, 1.165) is 33.9 Å². The van der Waals surface area contributed by atoms with Crippen LogP contribution in [-0.4, -0.2) is 10.1 Å². The lowest BCUT2D eigenvalue weighted by Crippen LogP contribution is -2.07. The maximum absolute atomic E-state index is 13.6. The van der Waals surface area contributed by atoms with E-state index in [2.05, 4.69) is 4.98 Å². The Bertz CT molecular complexity index is 1250. The van der Waals surface area contributed by atoms with Crippen molar-refractivity contribution in [2.75, 3.05) is 0 Å². The summed E-state index contributed by atoms with van der Waals surface area (Å²) < 4.78 is 40.9. The van der Waals surface area contributed by atoms with Gasteiger partial charge in [-0.15, -0.1) is 0 Å². The molecule has 5 heteroatoms. The lowest BCUT2D eigenvalue weighted by atomic mass is 9.87. The molecule has 3 aromatic carbocycles. The molecule has 0 aliphatic carbocycles. The Morgan fingerprint density at radius 3 is 2.13 bits per heavy atom.